The Morgan fingerprint density at radius 1 is 1.59 bits per heavy atom. The van der Waals surface area contributed by atoms with Gasteiger partial charge in [-0.25, -0.2) is 4.79 Å². The average molecular weight is 325 g/mol. The summed E-state index contributed by atoms with van der Waals surface area (Å²) in [6.45, 7) is 5.29. The van der Waals surface area contributed by atoms with Gasteiger partial charge in [0.15, 0.2) is 5.82 Å². The maximum Gasteiger partial charge on any atom is 0.317 e. The summed E-state index contributed by atoms with van der Waals surface area (Å²) in [5, 5.41) is 11.7. The fourth-order valence-corrected chi connectivity index (χ4v) is 4.07. The standard InChI is InChI=1S/C14H23N5O2S/c1-2-18-10-16-17-13(18)12-9-19(5-6-21-12)14(20)15-8-11-4-3-7-22-11/h10-12H,2-9H2,1H3,(H,15,20)/t11-,12-/m0/s1. The number of aromatic nitrogens is 3. The van der Waals surface area contributed by atoms with Crippen molar-refractivity contribution in [3.05, 3.63) is 12.2 Å². The maximum atomic E-state index is 12.3. The van der Waals surface area contributed by atoms with Crippen molar-refractivity contribution in [3.63, 3.8) is 0 Å². The zero-order valence-corrected chi connectivity index (χ0v) is 13.7. The van der Waals surface area contributed by atoms with E-state index in [0.717, 1.165) is 18.9 Å². The van der Waals surface area contributed by atoms with Crippen molar-refractivity contribution in [2.24, 2.45) is 0 Å². The first-order valence-corrected chi connectivity index (χ1v) is 8.96. The predicted molar refractivity (Wildman–Crippen MR) is 84.8 cm³/mol. The second-order valence-electron chi connectivity index (χ2n) is 5.60. The minimum Gasteiger partial charge on any atom is -0.366 e. The lowest BCUT2D eigenvalue weighted by Gasteiger charge is -2.32. The van der Waals surface area contributed by atoms with Crippen molar-refractivity contribution in [1.82, 2.24) is 25.0 Å². The van der Waals surface area contributed by atoms with Crippen LogP contribution in [-0.2, 0) is 11.3 Å². The van der Waals surface area contributed by atoms with Gasteiger partial charge in [0.05, 0.1) is 13.2 Å². The maximum absolute atomic E-state index is 12.3. The number of urea groups is 1. The third-order valence-electron chi connectivity index (χ3n) is 4.13. The summed E-state index contributed by atoms with van der Waals surface area (Å²) < 4.78 is 7.73. The summed E-state index contributed by atoms with van der Waals surface area (Å²) in [5.74, 6) is 2.01. The lowest BCUT2D eigenvalue weighted by atomic mass is 10.2. The molecule has 0 aromatic carbocycles. The number of ether oxygens (including phenoxy) is 1. The van der Waals surface area contributed by atoms with Crippen molar-refractivity contribution in [2.75, 3.05) is 32.0 Å². The highest BCUT2D eigenvalue weighted by Gasteiger charge is 2.29. The van der Waals surface area contributed by atoms with Crippen LogP contribution in [0.5, 0.6) is 0 Å². The Kier molecular flexibility index (Phi) is 5.20. The van der Waals surface area contributed by atoms with Crippen molar-refractivity contribution >= 4 is 17.8 Å². The van der Waals surface area contributed by atoms with Gasteiger partial charge in [0.2, 0.25) is 0 Å². The number of rotatable bonds is 4. The first-order valence-electron chi connectivity index (χ1n) is 7.91. The number of amides is 2. The van der Waals surface area contributed by atoms with Gasteiger partial charge in [-0.3, -0.25) is 0 Å². The molecule has 3 heterocycles. The second-order valence-corrected chi connectivity index (χ2v) is 7.01. The summed E-state index contributed by atoms with van der Waals surface area (Å²) >= 11 is 1.95. The first-order chi connectivity index (χ1) is 10.8. The van der Waals surface area contributed by atoms with Gasteiger partial charge in [-0.05, 0) is 25.5 Å². The van der Waals surface area contributed by atoms with Crippen LogP contribution in [0.15, 0.2) is 6.33 Å². The third-order valence-corrected chi connectivity index (χ3v) is 5.53. The zero-order chi connectivity index (χ0) is 15.4. The Hall–Kier alpha value is -1.28. The molecule has 122 valence electrons. The molecule has 3 rings (SSSR count). The van der Waals surface area contributed by atoms with Crippen LogP contribution in [0, 0.1) is 0 Å². The summed E-state index contributed by atoms with van der Waals surface area (Å²) in [4.78, 5) is 14.2. The Morgan fingerprint density at radius 2 is 2.50 bits per heavy atom. The topological polar surface area (TPSA) is 72.3 Å². The molecule has 0 saturated carbocycles. The molecule has 2 aliphatic heterocycles. The van der Waals surface area contributed by atoms with Gasteiger partial charge >= 0.3 is 6.03 Å². The summed E-state index contributed by atoms with van der Waals surface area (Å²) in [7, 11) is 0. The molecule has 0 unspecified atom stereocenters. The minimum atomic E-state index is -0.192. The van der Waals surface area contributed by atoms with Gasteiger partial charge in [0, 0.05) is 24.9 Å². The van der Waals surface area contributed by atoms with E-state index in [4.69, 9.17) is 4.74 Å². The molecule has 0 aliphatic carbocycles. The monoisotopic (exact) mass is 325 g/mol. The predicted octanol–water partition coefficient (Wildman–Crippen LogP) is 1.28. The molecule has 0 bridgehead atoms. The average Bonchev–Trinajstić information content (AvgIpc) is 3.23. The summed E-state index contributed by atoms with van der Waals surface area (Å²) in [5.41, 5.74) is 0. The number of nitrogens with one attached hydrogen (secondary N) is 1. The number of carbonyl (C=O) groups excluding carboxylic acids is 1. The third kappa shape index (κ3) is 3.55. The fraction of sp³-hybridized carbons (Fsp3) is 0.786. The van der Waals surface area contributed by atoms with Crippen molar-refractivity contribution in [1.29, 1.82) is 0 Å². The van der Waals surface area contributed by atoms with E-state index in [1.165, 1.54) is 18.6 Å². The lowest BCUT2D eigenvalue weighted by molar-refractivity contribution is -0.0217. The highest BCUT2D eigenvalue weighted by Crippen LogP contribution is 2.25. The van der Waals surface area contributed by atoms with E-state index < -0.39 is 0 Å². The van der Waals surface area contributed by atoms with Gasteiger partial charge in [-0.15, -0.1) is 10.2 Å². The molecule has 2 aliphatic rings. The van der Waals surface area contributed by atoms with Gasteiger partial charge in [0.1, 0.15) is 12.4 Å². The minimum absolute atomic E-state index is 0.00311. The molecular formula is C14H23N5O2S. The molecule has 1 aromatic rings. The fourth-order valence-electron chi connectivity index (χ4n) is 2.87. The van der Waals surface area contributed by atoms with Crippen LogP contribution in [0.2, 0.25) is 0 Å². The van der Waals surface area contributed by atoms with Crippen molar-refractivity contribution in [2.45, 2.75) is 37.7 Å². The number of carbonyl (C=O) groups is 1. The van der Waals surface area contributed by atoms with Gasteiger partial charge in [-0.1, -0.05) is 0 Å². The van der Waals surface area contributed by atoms with E-state index in [9.17, 15) is 4.79 Å². The van der Waals surface area contributed by atoms with Crippen LogP contribution in [0.1, 0.15) is 31.7 Å². The summed E-state index contributed by atoms with van der Waals surface area (Å²) in [6, 6.07) is 0.00311. The molecule has 0 spiro atoms. The first kappa shape index (κ1) is 15.6. The molecule has 1 aromatic heterocycles. The normalized spacial score (nSPS) is 25.4. The SMILES string of the molecule is CCn1cnnc1[C@@H]1CN(C(=O)NC[C@@H]2CCCS2)CCO1. The molecule has 7 nitrogen and oxygen atoms in total. The number of aryl methyl sites for hydroxylation is 1. The van der Waals surface area contributed by atoms with E-state index in [0.29, 0.717) is 24.9 Å². The van der Waals surface area contributed by atoms with Crippen LogP contribution in [0.25, 0.3) is 0 Å². The highest BCUT2D eigenvalue weighted by molar-refractivity contribution is 8.00. The van der Waals surface area contributed by atoms with E-state index in [2.05, 4.69) is 15.5 Å². The molecular weight excluding hydrogens is 302 g/mol. The molecule has 22 heavy (non-hydrogen) atoms. The zero-order valence-electron chi connectivity index (χ0n) is 12.9. The summed E-state index contributed by atoms with van der Waals surface area (Å²) in [6.07, 6.45) is 3.98. The van der Waals surface area contributed by atoms with Crippen LogP contribution >= 0.6 is 11.8 Å². The second kappa shape index (κ2) is 7.32. The van der Waals surface area contributed by atoms with Gasteiger partial charge in [0.25, 0.3) is 0 Å². The number of nitrogens with zero attached hydrogens (tertiary/aromatic N) is 4. The Morgan fingerprint density at radius 3 is 3.27 bits per heavy atom. The van der Waals surface area contributed by atoms with Crippen LogP contribution in [0.4, 0.5) is 4.79 Å². The lowest BCUT2D eigenvalue weighted by Crippen LogP contribution is -2.48. The van der Waals surface area contributed by atoms with E-state index in [1.54, 1.807) is 6.33 Å². The number of thioether (sulfide) groups is 1. The van der Waals surface area contributed by atoms with Gasteiger partial charge in [-0.2, -0.15) is 11.8 Å². The number of hydrogen-bond acceptors (Lipinski definition) is 5. The molecule has 8 heteroatoms. The van der Waals surface area contributed by atoms with E-state index >= 15 is 0 Å². The van der Waals surface area contributed by atoms with Crippen molar-refractivity contribution in [3.8, 4) is 0 Å². The number of morpholine rings is 1. The van der Waals surface area contributed by atoms with Crippen LogP contribution in [-0.4, -0.2) is 62.9 Å². The molecule has 2 fully saturated rings. The van der Waals surface area contributed by atoms with E-state index in [-0.39, 0.29) is 12.1 Å². The molecule has 1 N–H and O–H groups in total. The molecule has 2 amide bonds. The molecule has 2 atom stereocenters. The largest absolute Gasteiger partial charge is 0.366 e. The smallest absolute Gasteiger partial charge is 0.317 e. The van der Waals surface area contributed by atoms with Crippen molar-refractivity contribution < 1.29 is 9.53 Å². The van der Waals surface area contributed by atoms with Crippen LogP contribution < -0.4 is 5.32 Å². The van der Waals surface area contributed by atoms with E-state index in [1.807, 2.05) is 28.2 Å². The highest BCUT2D eigenvalue weighted by atomic mass is 32.2. The Labute approximate surface area is 134 Å². The molecule has 0 radical (unpaired) electrons. The number of hydrogen-bond donors (Lipinski definition) is 1. The molecule has 2 saturated heterocycles. The Balaban J connectivity index is 1.54. The quantitative estimate of drug-likeness (QED) is 0.903. The van der Waals surface area contributed by atoms with Crippen LogP contribution in [0.3, 0.4) is 0 Å². The Bertz CT molecular complexity index is 503. The van der Waals surface area contributed by atoms with Gasteiger partial charge < -0.3 is 19.5 Å².